The van der Waals surface area contributed by atoms with Crippen LogP contribution in [0, 0.1) is 10.1 Å². The summed E-state index contributed by atoms with van der Waals surface area (Å²) in [5.74, 6) is -0.946. The van der Waals surface area contributed by atoms with E-state index in [0.29, 0.717) is 11.9 Å². The lowest BCUT2D eigenvalue weighted by molar-refractivity contribution is -0.400. The summed E-state index contributed by atoms with van der Waals surface area (Å²) in [4.78, 5) is 21.9. The van der Waals surface area contributed by atoms with E-state index in [2.05, 4.69) is 5.32 Å². The average molecular weight is 319 g/mol. The number of halogens is 1. The van der Waals surface area contributed by atoms with Crippen molar-refractivity contribution in [3.05, 3.63) is 74.9 Å². The Bertz CT molecular complexity index is 745. The van der Waals surface area contributed by atoms with Crippen LogP contribution in [0.4, 0.5) is 5.69 Å². The van der Waals surface area contributed by atoms with Crippen molar-refractivity contribution in [2.45, 2.75) is 0 Å². The van der Waals surface area contributed by atoms with Crippen LogP contribution in [0.3, 0.4) is 0 Å². The number of amides is 1. The number of hydrogen-bond acceptors (Lipinski definition) is 4. The maximum Gasteiger partial charge on any atom is 0.259 e. The van der Waals surface area contributed by atoms with Crippen LogP contribution >= 0.6 is 11.6 Å². The zero-order valence-electron chi connectivity index (χ0n) is 11.2. The molecule has 2 rings (SSSR count). The van der Waals surface area contributed by atoms with Gasteiger partial charge in [-0.25, -0.2) is 0 Å². The zero-order valence-corrected chi connectivity index (χ0v) is 11.9. The highest BCUT2D eigenvalue weighted by molar-refractivity contribution is 6.31. The summed E-state index contributed by atoms with van der Waals surface area (Å²) in [6.07, 6.45) is 1.73. The predicted molar refractivity (Wildman–Crippen MR) is 83.5 cm³/mol. The number of carbonyl (C=O) groups excluding carboxylic acids is 1. The molecule has 0 aliphatic heterocycles. The molecular formula is C15H11ClN2O4. The Balaban J connectivity index is 2.34. The molecule has 0 saturated heterocycles. The summed E-state index contributed by atoms with van der Waals surface area (Å²) < 4.78 is 0. The minimum absolute atomic E-state index is 0.0700. The summed E-state index contributed by atoms with van der Waals surface area (Å²) >= 11 is 5.89. The fourth-order valence-electron chi connectivity index (χ4n) is 1.78. The third kappa shape index (κ3) is 3.83. The van der Waals surface area contributed by atoms with Crippen molar-refractivity contribution >= 4 is 29.3 Å². The lowest BCUT2D eigenvalue weighted by Crippen LogP contribution is -2.12. The maximum atomic E-state index is 12.2. The number of phenolic OH excluding ortho intramolecular Hbond substituents is 1. The van der Waals surface area contributed by atoms with Gasteiger partial charge in [0.1, 0.15) is 5.75 Å². The molecule has 0 fully saturated rings. The standard InChI is InChI=1S/C15H11ClN2O4/c16-11-8-10(6-7-18(21)22)14(19)13(9-11)15(20)17-12-4-2-1-3-5-12/h1-9,19H,(H,17,20)/b7-6+. The fourth-order valence-corrected chi connectivity index (χ4v) is 2.01. The Morgan fingerprint density at radius 2 is 1.95 bits per heavy atom. The van der Waals surface area contributed by atoms with E-state index >= 15 is 0 Å². The first-order chi connectivity index (χ1) is 10.5. The number of benzene rings is 2. The smallest absolute Gasteiger partial charge is 0.259 e. The first-order valence-corrected chi connectivity index (χ1v) is 6.56. The van der Waals surface area contributed by atoms with Crippen molar-refractivity contribution in [3.63, 3.8) is 0 Å². The highest BCUT2D eigenvalue weighted by Crippen LogP contribution is 2.29. The topological polar surface area (TPSA) is 92.5 Å². The lowest BCUT2D eigenvalue weighted by Gasteiger charge is -2.09. The van der Waals surface area contributed by atoms with Gasteiger partial charge in [-0.15, -0.1) is 0 Å². The second kappa shape index (κ2) is 6.73. The molecule has 0 spiro atoms. The van der Waals surface area contributed by atoms with Crippen LogP contribution in [0.25, 0.3) is 6.08 Å². The minimum atomic E-state index is -0.677. The molecule has 0 atom stereocenters. The molecule has 0 saturated carbocycles. The summed E-state index contributed by atoms with van der Waals surface area (Å²) in [7, 11) is 0. The van der Waals surface area contributed by atoms with Crippen molar-refractivity contribution in [2.75, 3.05) is 5.32 Å². The van der Waals surface area contributed by atoms with Crippen molar-refractivity contribution in [2.24, 2.45) is 0 Å². The van der Waals surface area contributed by atoms with Gasteiger partial charge in [0.05, 0.1) is 10.5 Å². The predicted octanol–water partition coefficient (Wildman–Crippen LogP) is 3.55. The van der Waals surface area contributed by atoms with Crippen molar-refractivity contribution < 1.29 is 14.8 Å². The molecule has 2 aromatic rings. The average Bonchev–Trinajstić information content (AvgIpc) is 2.48. The number of carbonyl (C=O) groups is 1. The van der Waals surface area contributed by atoms with E-state index in [-0.39, 0.29) is 21.9 Å². The molecular weight excluding hydrogens is 308 g/mol. The Kier molecular flexibility index (Phi) is 4.75. The molecule has 0 aromatic heterocycles. The van der Waals surface area contributed by atoms with E-state index in [9.17, 15) is 20.0 Å². The molecule has 2 aromatic carbocycles. The largest absolute Gasteiger partial charge is 0.506 e. The molecule has 22 heavy (non-hydrogen) atoms. The molecule has 0 bridgehead atoms. The molecule has 0 radical (unpaired) electrons. The molecule has 1 amide bonds. The number of para-hydroxylation sites is 1. The lowest BCUT2D eigenvalue weighted by atomic mass is 10.1. The Morgan fingerprint density at radius 1 is 1.27 bits per heavy atom. The van der Waals surface area contributed by atoms with E-state index in [1.165, 1.54) is 12.1 Å². The maximum absolute atomic E-state index is 12.2. The first-order valence-electron chi connectivity index (χ1n) is 6.18. The van der Waals surface area contributed by atoms with Crippen LogP contribution in [0.1, 0.15) is 15.9 Å². The van der Waals surface area contributed by atoms with E-state index < -0.39 is 10.8 Å². The van der Waals surface area contributed by atoms with Crippen LogP contribution < -0.4 is 5.32 Å². The third-order valence-corrected chi connectivity index (χ3v) is 2.97. The highest BCUT2D eigenvalue weighted by Gasteiger charge is 2.15. The van der Waals surface area contributed by atoms with Gasteiger partial charge in [0.2, 0.25) is 6.20 Å². The SMILES string of the molecule is O=C(Nc1ccccc1)c1cc(Cl)cc(/C=C/[N+](=O)[O-])c1O. The van der Waals surface area contributed by atoms with Gasteiger partial charge in [-0.2, -0.15) is 0 Å². The van der Waals surface area contributed by atoms with Gasteiger partial charge in [0, 0.05) is 22.3 Å². The van der Waals surface area contributed by atoms with Gasteiger partial charge in [-0.05, 0) is 24.3 Å². The number of nitrogens with zero attached hydrogens (tertiary/aromatic N) is 1. The van der Waals surface area contributed by atoms with Crippen LogP contribution in [-0.2, 0) is 0 Å². The van der Waals surface area contributed by atoms with Crippen molar-refractivity contribution in [1.29, 1.82) is 0 Å². The number of aromatic hydroxyl groups is 1. The molecule has 0 aliphatic carbocycles. The highest BCUT2D eigenvalue weighted by atomic mass is 35.5. The number of hydrogen-bond donors (Lipinski definition) is 2. The van der Waals surface area contributed by atoms with Crippen LogP contribution in [0.15, 0.2) is 48.7 Å². The fraction of sp³-hybridized carbons (Fsp3) is 0. The quantitative estimate of drug-likeness (QED) is 0.666. The van der Waals surface area contributed by atoms with E-state index in [4.69, 9.17) is 11.6 Å². The van der Waals surface area contributed by atoms with Crippen molar-refractivity contribution in [3.8, 4) is 5.75 Å². The number of nitro groups is 1. The molecule has 112 valence electrons. The molecule has 2 N–H and O–H groups in total. The van der Waals surface area contributed by atoms with Gasteiger partial charge in [-0.3, -0.25) is 14.9 Å². The van der Waals surface area contributed by atoms with Crippen molar-refractivity contribution in [1.82, 2.24) is 0 Å². The van der Waals surface area contributed by atoms with Gasteiger partial charge in [0.25, 0.3) is 5.91 Å². The summed E-state index contributed by atoms with van der Waals surface area (Å²) in [6, 6.07) is 11.3. The van der Waals surface area contributed by atoms with E-state index in [0.717, 1.165) is 6.08 Å². The molecule has 0 unspecified atom stereocenters. The summed E-state index contributed by atoms with van der Waals surface area (Å²) in [5, 5.41) is 23.2. The van der Waals surface area contributed by atoms with E-state index in [1.54, 1.807) is 30.3 Å². The third-order valence-electron chi connectivity index (χ3n) is 2.76. The number of nitrogens with one attached hydrogen (secondary N) is 1. The Hall–Kier alpha value is -2.86. The molecule has 0 heterocycles. The van der Waals surface area contributed by atoms with Crippen LogP contribution in [0.5, 0.6) is 5.75 Å². The monoisotopic (exact) mass is 318 g/mol. The Labute approximate surface area is 130 Å². The van der Waals surface area contributed by atoms with Gasteiger partial charge in [-0.1, -0.05) is 29.8 Å². The second-order valence-corrected chi connectivity index (χ2v) is 4.75. The summed E-state index contributed by atoms with van der Waals surface area (Å²) in [5.41, 5.74) is 0.566. The second-order valence-electron chi connectivity index (χ2n) is 4.31. The van der Waals surface area contributed by atoms with Gasteiger partial charge < -0.3 is 10.4 Å². The minimum Gasteiger partial charge on any atom is -0.506 e. The van der Waals surface area contributed by atoms with Gasteiger partial charge in [0.15, 0.2) is 0 Å². The number of rotatable bonds is 4. The molecule has 6 nitrogen and oxygen atoms in total. The first kappa shape index (κ1) is 15.5. The van der Waals surface area contributed by atoms with Gasteiger partial charge >= 0.3 is 0 Å². The normalized spacial score (nSPS) is 10.6. The van der Waals surface area contributed by atoms with Crippen LogP contribution in [0.2, 0.25) is 5.02 Å². The Morgan fingerprint density at radius 3 is 2.59 bits per heavy atom. The van der Waals surface area contributed by atoms with Crippen LogP contribution in [-0.4, -0.2) is 15.9 Å². The number of phenols is 1. The molecule has 7 heteroatoms. The molecule has 0 aliphatic rings. The van der Waals surface area contributed by atoms with E-state index in [1.807, 2.05) is 0 Å². The number of anilines is 1. The zero-order chi connectivity index (χ0) is 16.1. The summed E-state index contributed by atoms with van der Waals surface area (Å²) in [6.45, 7) is 0.